The molecule has 0 aliphatic heterocycles. The van der Waals surface area contributed by atoms with Crippen molar-refractivity contribution in [1.29, 1.82) is 0 Å². The van der Waals surface area contributed by atoms with Gasteiger partial charge < -0.3 is 10.6 Å². The van der Waals surface area contributed by atoms with Gasteiger partial charge in [-0.2, -0.15) is 0 Å². The molecule has 0 spiro atoms. The molecule has 2 N–H and O–H groups in total. The zero-order valence-corrected chi connectivity index (χ0v) is 12.5. The molecule has 0 saturated carbocycles. The normalized spacial score (nSPS) is 9.73. The molecule has 0 aliphatic carbocycles. The van der Waals surface area contributed by atoms with E-state index in [2.05, 4.69) is 15.6 Å². The van der Waals surface area contributed by atoms with Crippen molar-refractivity contribution in [2.45, 2.75) is 13.8 Å². The third kappa shape index (κ3) is 4.28. The Morgan fingerprint density at radius 2 is 1.68 bits per heavy atom. The Bertz CT molecular complexity index is 705. The van der Waals surface area contributed by atoms with Crippen LogP contribution >= 0.6 is 0 Å². The maximum absolute atomic E-state index is 12.2. The molecular weight excluding hydrogens is 278 g/mol. The maximum Gasteiger partial charge on any atom is 0.257 e. The first-order valence-corrected chi connectivity index (χ1v) is 6.82. The van der Waals surface area contributed by atoms with Crippen molar-refractivity contribution >= 4 is 23.2 Å². The van der Waals surface area contributed by atoms with Crippen LogP contribution in [0.1, 0.15) is 24.2 Å². The Morgan fingerprint density at radius 1 is 1.00 bits per heavy atom. The van der Waals surface area contributed by atoms with Crippen molar-refractivity contribution < 1.29 is 9.59 Å². The second kappa shape index (κ2) is 7.17. The minimum atomic E-state index is -0.281. The van der Waals surface area contributed by atoms with E-state index in [9.17, 15) is 9.59 Å². The van der Waals surface area contributed by atoms with Crippen molar-refractivity contribution in [3.8, 4) is 0 Å². The highest BCUT2D eigenvalue weighted by atomic mass is 16.2. The van der Waals surface area contributed by atoms with E-state index in [4.69, 9.17) is 0 Å². The van der Waals surface area contributed by atoms with Crippen LogP contribution in [-0.4, -0.2) is 16.8 Å². The van der Waals surface area contributed by atoms with Gasteiger partial charge in [0.2, 0.25) is 5.91 Å². The molecule has 1 heterocycles. The average molecular weight is 295 g/mol. The molecule has 0 unspecified atom stereocenters. The van der Waals surface area contributed by atoms with Gasteiger partial charge in [-0.15, -0.1) is 0 Å². The highest BCUT2D eigenvalue weighted by Crippen LogP contribution is 2.21. The molecule has 2 aromatic rings. The minimum absolute atomic E-state index is 0.233. The fourth-order valence-corrected chi connectivity index (χ4v) is 1.82. The molecule has 2 amide bonds. The van der Waals surface area contributed by atoms with Gasteiger partial charge in [0.05, 0.1) is 16.9 Å². The van der Waals surface area contributed by atoms with Crippen LogP contribution in [0.25, 0.3) is 0 Å². The van der Waals surface area contributed by atoms with E-state index in [0.29, 0.717) is 16.9 Å². The molecule has 5 nitrogen and oxygen atoms in total. The molecule has 0 fully saturated rings. The number of carbonyl (C=O) groups excluding carboxylic acids is 2. The molecular formula is C17H17N3O2. The molecule has 0 radical (unpaired) electrons. The third-order valence-electron chi connectivity index (χ3n) is 2.78. The lowest BCUT2D eigenvalue weighted by atomic mass is 10.2. The largest absolute Gasteiger partial charge is 0.321 e. The summed E-state index contributed by atoms with van der Waals surface area (Å²) in [6, 6.07) is 10.4. The van der Waals surface area contributed by atoms with Crippen LogP contribution in [0.3, 0.4) is 0 Å². The summed E-state index contributed by atoms with van der Waals surface area (Å²) in [6.45, 7) is 3.69. The van der Waals surface area contributed by atoms with Crippen LogP contribution in [0, 0.1) is 0 Å². The van der Waals surface area contributed by atoms with Crippen molar-refractivity contribution in [2.75, 3.05) is 10.6 Å². The lowest BCUT2D eigenvalue weighted by Gasteiger charge is -2.11. The highest BCUT2D eigenvalue weighted by Gasteiger charge is 2.10. The number of nitrogens with one attached hydrogen (secondary N) is 2. The lowest BCUT2D eigenvalue weighted by Crippen LogP contribution is -2.15. The standard InChI is InChI=1S/C17H17N3O2/c1-12(2)10-16(21)19-14-7-3-4-8-15(14)20-17(22)13-6-5-9-18-11-13/h3-11H,1-2H3,(H,19,21)(H,20,22). The SMILES string of the molecule is CC(C)=CC(=O)Nc1ccccc1NC(=O)c1cccnc1. The molecule has 0 atom stereocenters. The number of hydrogen-bond acceptors (Lipinski definition) is 3. The number of nitrogens with zero attached hydrogens (tertiary/aromatic N) is 1. The van der Waals surface area contributed by atoms with Crippen LogP contribution in [0.2, 0.25) is 0 Å². The number of aromatic nitrogens is 1. The predicted octanol–water partition coefficient (Wildman–Crippen LogP) is 3.24. The monoisotopic (exact) mass is 295 g/mol. The van der Waals surface area contributed by atoms with Gasteiger partial charge in [-0.05, 0) is 38.1 Å². The number of para-hydroxylation sites is 2. The average Bonchev–Trinajstić information content (AvgIpc) is 2.49. The summed E-state index contributed by atoms with van der Waals surface area (Å²) < 4.78 is 0. The summed E-state index contributed by atoms with van der Waals surface area (Å²) >= 11 is 0. The smallest absolute Gasteiger partial charge is 0.257 e. The number of anilines is 2. The van der Waals surface area contributed by atoms with Crippen LogP contribution in [0.4, 0.5) is 11.4 Å². The number of rotatable bonds is 4. The van der Waals surface area contributed by atoms with Gasteiger partial charge in [0.1, 0.15) is 0 Å². The Hall–Kier alpha value is -2.95. The zero-order chi connectivity index (χ0) is 15.9. The number of benzene rings is 1. The van der Waals surface area contributed by atoms with Gasteiger partial charge in [0.25, 0.3) is 5.91 Å². The van der Waals surface area contributed by atoms with Crippen molar-refractivity contribution in [2.24, 2.45) is 0 Å². The summed E-state index contributed by atoms with van der Waals surface area (Å²) in [5.41, 5.74) is 2.43. The molecule has 5 heteroatoms. The van der Waals surface area contributed by atoms with Gasteiger partial charge in [-0.1, -0.05) is 17.7 Å². The Kier molecular flexibility index (Phi) is 5.03. The number of carbonyl (C=O) groups is 2. The number of allylic oxidation sites excluding steroid dienone is 1. The highest BCUT2D eigenvalue weighted by molar-refractivity contribution is 6.08. The fourth-order valence-electron chi connectivity index (χ4n) is 1.82. The number of pyridine rings is 1. The van der Waals surface area contributed by atoms with E-state index in [1.54, 1.807) is 42.6 Å². The first-order valence-electron chi connectivity index (χ1n) is 6.82. The summed E-state index contributed by atoms with van der Waals surface area (Å²) in [6.07, 6.45) is 4.59. The Labute approximate surface area is 129 Å². The Morgan fingerprint density at radius 3 is 2.27 bits per heavy atom. The van der Waals surface area contributed by atoms with Crippen LogP contribution in [0.5, 0.6) is 0 Å². The van der Waals surface area contributed by atoms with E-state index in [-0.39, 0.29) is 11.8 Å². The zero-order valence-electron chi connectivity index (χ0n) is 12.5. The van der Waals surface area contributed by atoms with Crippen LogP contribution < -0.4 is 10.6 Å². The molecule has 1 aromatic carbocycles. The minimum Gasteiger partial charge on any atom is -0.321 e. The molecule has 2 rings (SSSR count). The lowest BCUT2D eigenvalue weighted by molar-refractivity contribution is -0.111. The quantitative estimate of drug-likeness (QED) is 0.851. The van der Waals surface area contributed by atoms with E-state index in [1.165, 1.54) is 12.3 Å². The van der Waals surface area contributed by atoms with Gasteiger partial charge in [0, 0.05) is 18.5 Å². The predicted molar refractivity (Wildman–Crippen MR) is 86.7 cm³/mol. The number of hydrogen-bond donors (Lipinski definition) is 2. The van der Waals surface area contributed by atoms with Crippen molar-refractivity contribution in [1.82, 2.24) is 4.98 Å². The third-order valence-corrected chi connectivity index (χ3v) is 2.78. The van der Waals surface area contributed by atoms with Gasteiger partial charge in [-0.25, -0.2) is 0 Å². The first kappa shape index (κ1) is 15.4. The number of amides is 2. The van der Waals surface area contributed by atoms with Gasteiger partial charge >= 0.3 is 0 Å². The van der Waals surface area contributed by atoms with Gasteiger partial charge in [-0.3, -0.25) is 14.6 Å². The Balaban J connectivity index is 2.17. The molecule has 22 heavy (non-hydrogen) atoms. The molecule has 0 saturated heterocycles. The van der Waals surface area contributed by atoms with Crippen LogP contribution in [-0.2, 0) is 4.79 Å². The van der Waals surface area contributed by atoms with E-state index in [0.717, 1.165) is 5.57 Å². The second-order valence-electron chi connectivity index (χ2n) is 4.95. The van der Waals surface area contributed by atoms with Crippen LogP contribution in [0.15, 0.2) is 60.4 Å². The molecule has 112 valence electrons. The van der Waals surface area contributed by atoms with Gasteiger partial charge in [0.15, 0.2) is 0 Å². The van der Waals surface area contributed by atoms with E-state index < -0.39 is 0 Å². The maximum atomic E-state index is 12.2. The summed E-state index contributed by atoms with van der Waals surface area (Å²) in [5, 5.41) is 5.52. The molecule has 1 aromatic heterocycles. The van der Waals surface area contributed by atoms with E-state index >= 15 is 0 Å². The summed E-state index contributed by atoms with van der Waals surface area (Å²) in [4.78, 5) is 27.9. The molecule has 0 aliphatic rings. The van der Waals surface area contributed by atoms with Crippen molar-refractivity contribution in [3.05, 3.63) is 66.0 Å². The van der Waals surface area contributed by atoms with E-state index in [1.807, 2.05) is 13.8 Å². The second-order valence-corrected chi connectivity index (χ2v) is 4.95. The first-order chi connectivity index (χ1) is 10.6. The topological polar surface area (TPSA) is 71.1 Å². The van der Waals surface area contributed by atoms with Crippen molar-refractivity contribution in [3.63, 3.8) is 0 Å². The summed E-state index contributed by atoms with van der Waals surface area (Å²) in [5.74, 6) is -0.514. The molecule has 0 bridgehead atoms. The summed E-state index contributed by atoms with van der Waals surface area (Å²) in [7, 11) is 0. The fraction of sp³-hybridized carbons (Fsp3) is 0.118.